The Morgan fingerprint density at radius 3 is 2.15 bits per heavy atom. The number of piperidine rings is 1. The molecule has 2 N–H and O–H groups in total. The highest BCUT2D eigenvalue weighted by molar-refractivity contribution is 5.93. The van der Waals surface area contributed by atoms with Crippen molar-refractivity contribution in [3.8, 4) is 0 Å². The molecule has 0 aliphatic carbocycles. The molecule has 0 bridgehead atoms. The van der Waals surface area contributed by atoms with Crippen LogP contribution in [0.25, 0.3) is 0 Å². The molecule has 2 saturated heterocycles. The molecule has 180 valence electrons. The number of para-hydroxylation sites is 1. The Hall–Kier alpha value is -3.55. The number of anilines is 1. The van der Waals surface area contributed by atoms with E-state index in [1.165, 1.54) is 10.5 Å². The molecular weight excluding hydrogens is 432 g/mol. The monoisotopic (exact) mass is 464 g/mol. The zero-order chi connectivity index (χ0) is 24.1. The van der Waals surface area contributed by atoms with Gasteiger partial charge in [-0.25, -0.2) is 9.59 Å². The topological polar surface area (TPSA) is 93.2 Å². The highest BCUT2D eigenvalue weighted by Gasteiger charge is 2.37. The molecule has 2 fully saturated rings. The first-order valence-corrected chi connectivity index (χ1v) is 11.9. The van der Waals surface area contributed by atoms with Crippen molar-refractivity contribution < 1.29 is 19.5 Å². The summed E-state index contributed by atoms with van der Waals surface area (Å²) in [6.45, 7) is 4.32. The van der Waals surface area contributed by atoms with Gasteiger partial charge >= 0.3 is 12.1 Å². The smallest absolute Gasteiger partial charge is 0.407 e. The molecule has 8 nitrogen and oxygen atoms in total. The Bertz CT molecular complexity index is 1000. The number of piperazine rings is 1. The number of hydrogen-bond donors (Lipinski definition) is 2. The van der Waals surface area contributed by atoms with Crippen molar-refractivity contribution in [2.24, 2.45) is 5.92 Å². The van der Waals surface area contributed by atoms with Crippen LogP contribution in [0.3, 0.4) is 0 Å². The molecule has 2 aliphatic heterocycles. The number of carboxylic acid groups (broad SMARTS) is 1. The average molecular weight is 465 g/mol. The molecule has 2 heterocycles. The van der Waals surface area contributed by atoms with Crippen LogP contribution in [0.2, 0.25) is 0 Å². The zero-order valence-electron chi connectivity index (χ0n) is 19.5. The standard InChI is InChI=1S/C26H32N4O4/c1-2-19-8-10-20(11-9-19)21-16-22(24(31)27-23-6-4-3-5-7-23)18-30(17-21)25(32)28-12-14-29(15-13-28)26(33)34/h3-11,21-22H,2,12-18H2,1H3,(H,27,31)(H,33,34). The van der Waals surface area contributed by atoms with Gasteiger partial charge in [0.25, 0.3) is 0 Å². The average Bonchev–Trinajstić information content (AvgIpc) is 2.88. The molecule has 4 rings (SSSR count). The molecule has 0 aromatic heterocycles. The van der Waals surface area contributed by atoms with Gasteiger partial charge in [-0.15, -0.1) is 0 Å². The lowest BCUT2D eigenvalue weighted by molar-refractivity contribution is -0.121. The summed E-state index contributed by atoms with van der Waals surface area (Å²) in [7, 11) is 0. The second kappa shape index (κ2) is 10.6. The van der Waals surface area contributed by atoms with E-state index in [0.29, 0.717) is 45.7 Å². The van der Waals surface area contributed by atoms with Gasteiger partial charge in [0.05, 0.1) is 5.92 Å². The van der Waals surface area contributed by atoms with Crippen molar-refractivity contribution in [2.45, 2.75) is 25.7 Å². The maximum absolute atomic E-state index is 13.4. The molecule has 0 radical (unpaired) electrons. The maximum atomic E-state index is 13.4. The Morgan fingerprint density at radius 1 is 0.882 bits per heavy atom. The van der Waals surface area contributed by atoms with E-state index in [1.54, 1.807) is 9.80 Å². The number of benzene rings is 2. The van der Waals surface area contributed by atoms with Gasteiger partial charge in [0.15, 0.2) is 0 Å². The summed E-state index contributed by atoms with van der Waals surface area (Å²) in [5.74, 6) is -0.376. The van der Waals surface area contributed by atoms with E-state index in [-0.39, 0.29) is 23.8 Å². The number of nitrogens with one attached hydrogen (secondary N) is 1. The SMILES string of the molecule is CCc1ccc(C2CC(C(=O)Nc3ccccc3)CN(C(=O)N3CCN(C(=O)O)CC3)C2)cc1. The number of carbonyl (C=O) groups excluding carboxylic acids is 2. The van der Waals surface area contributed by atoms with Crippen molar-refractivity contribution in [3.05, 3.63) is 65.7 Å². The van der Waals surface area contributed by atoms with Crippen molar-refractivity contribution in [1.82, 2.24) is 14.7 Å². The largest absolute Gasteiger partial charge is 0.465 e. The molecular formula is C26H32N4O4. The number of likely N-dealkylation sites (tertiary alicyclic amines) is 1. The van der Waals surface area contributed by atoms with Crippen molar-refractivity contribution in [2.75, 3.05) is 44.6 Å². The molecule has 34 heavy (non-hydrogen) atoms. The fourth-order valence-corrected chi connectivity index (χ4v) is 4.77. The van der Waals surface area contributed by atoms with Crippen LogP contribution in [0.15, 0.2) is 54.6 Å². The fourth-order valence-electron chi connectivity index (χ4n) is 4.77. The third-order valence-corrected chi connectivity index (χ3v) is 6.81. The summed E-state index contributed by atoms with van der Waals surface area (Å²) in [6, 6.07) is 17.7. The van der Waals surface area contributed by atoms with Gasteiger partial charge in [-0.05, 0) is 36.1 Å². The number of amides is 4. The van der Waals surface area contributed by atoms with Crippen molar-refractivity contribution >= 4 is 23.7 Å². The van der Waals surface area contributed by atoms with Crippen LogP contribution in [0.5, 0.6) is 0 Å². The maximum Gasteiger partial charge on any atom is 0.407 e. The van der Waals surface area contributed by atoms with E-state index >= 15 is 0 Å². The summed E-state index contributed by atoms with van der Waals surface area (Å²) in [5, 5.41) is 12.2. The number of carbonyl (C=O) groups is 3. The van der Waals surface area contributed by atoms with Gasteiger partial charge < -0.3 is 25.1 Å². The summed E-state index contributed by atoms with van der Waals surface area (Å²) in [4.78, 5) is 42.6. The lowest BCUT2D eigenvalue weighted by Crippen LogP contribution is -2.56. The van der Waals surface area contributed by atoms with Gasteiger partial charge in [-0.2, -0.15) is 0 Å². The molecule has 0 saturated carbocycles. The third-order valence-electron chi connectivity index (χ3n) is 6.81. The number of nitrogens with zero attached hydrogens (tertiary/aromatic N) is 3. The number of aryl methyl sites for hydroxylation is 1. The molecule has 8 heteroatoms. The van der Waals surface area contributed by atoms with Gasteiger partial charge in [-0.1, -0.05) is 49.4 Å². The summed E-state index contributed by atoms with van der Waals surface area (Å²) >= 11 is 0. The highest BCUT2D eigenvalue weighted by Crippen LogP contribution is 2.32. The van der Waals surface area contributed by atoms with Gasteiger partial charge in [0.2, 0.25) is 5.91 Å². The minimum Gasteiger partial charge on any atom is -0.465 e. The Balaban J connectivity index is 1.50. The van der Waals surface area contributed by atoms with Crippen LogP contribution < -0.4 is 5.32 Å². The van der Waals surface area contributed by atoms with Crippen LogP contribution >= 0.6 is 0 Å². The number of rotatable bonds is 4. The first-order valence-electron chi connectivity index (χ1n) is 11.9. The van der Waals surface area contributed by atoms with E-state index < -0.39 is 6.09 Å². The van der Waals surface area contributed by atoms with Gasteiger partial charge in [-0.3, -0.25) is 4.79 Å². The van der Waals surface area contributed by atoms with Gasteiger partial charge in [0, 0.05) is 50.9 Å². The molecule has 2 unspecified atom stereocenters. The molecule has 2 aliphatic rings. The van der Waals surface area contributed by atoms with Crippen LogP contribution in [0.1, 0.15) is 30.4 Å². The van der Waals surface area contributed by atoms with E-state index in [0.717, 1.165) is 17.7 Å². The van der Waals surface area contributed by atoms with E-state index in [4.69, 9.17) is 0 Å². The molecule has 4 amide bonds. The number of urea groups is 1. The van der Waals surface area contributed by atoms with Crippen LogP contribution in [0.4, 0.5) is 15.3 Å². The van der Waals surface area contributed by atoms with E-state index in [2.05, 4.69) is 36.5 Å². The van der Waals surface area contributed by atoms with Crippen LogP contribution in [-0.2, 0) is 11.2 Å². The second-order valence-corrected chi connectivity index (χ2v) is 9.02. The summed E-state index contributed by atoms with van der Waals surface area (Å²) < 4.78 is 0. The van der Waals surface area contributed by atoms with E-state index in [9.17, 15) is 19.5 Å². The van der Waals surface area contributed by atoms with Gasteiger partial charge in [0.1, 0.15) is 0 Å². The van der Waals surface area contributed by atoms with E-state index in [1.807, 2.05) is 30.3 Å². The summed E-state index contributed by atoms with van der Waals surface area (Å²) in [6.07, 6.45) is 0.666. The molecule has 2 atom stereocenters. The Kier molecular flexibility index (Phi) is 7.35. The Morgan fingerprint density at radius 2 is 1.53 bits per heavy atom. The van der Waals surface area contributed by atoms with Crippen molar-refractivity contribution in [3.63, 3.8) is 0 Å². The quantitative estimate of drug-likeness (QED) is 0.721. The second-order valence-electron chi connectivity index (χ2n) is 9.02. The zero-order valence-corrected chi connectivity index (χ0v) is 19.5. The Labute approximate surface area is 200 Å². The van der Waals surface area contributed by atoms with Crippen LogP contribution in [0, 0.1) is 5.92 Å². The lowest BCUT2D eigenvalue weighted by Gasteiger charge is -2.41. The number of hydrogen-bond acceptors (Lipinski definition) is 3. The predicted molar refractivity (Wildman–Crippen MR) is 130 cm³/mol. The predicted octanol–water partition coefficient (Wildman–Crippen LogP) is 3.71. The van der Waals surface area contributed by atoms with Crippen LogP contribution in [-0.4, -0.2) is 77.1 Å². The van der Waals surface area contributed by atoms with Crippen molar-refractivity contribution in [1.29, 1.82) is 0 Å². The molecule has 2 aromatic rings. The molecule has 0 spiro atoms. The minimum atomic E-state index is -0.960. The summed E-state index contributed by atoms with van der Waals surface area (Å²) in [5.41, 5.74) is 3.12. The normalized spacial score (nSPS) is 20.7. The molecule has 2 aromatic carbocycles. The minimum absolute atomic E-state index is 0.0513. The first-order chi connectivity index (χ1) is 16.4. The first kappa shape index (κ1) is 23.6. The fraction of sp³-hybridized carbons (Fsp3) is 0.423. The third kappa shape index (κ3) is 5.50. The highest BCUT2D eigenvalue weighted by atomic mass is 16.4. The lowest BCUT2D eigenvalue weighted by atomic mass is 9.83.